The number of aryl methyl sites for hydroxylation is 1. The fraction of sp³-hybridized carbons (Fsp3) is 0.500. The Labute approximate surface area is 260 Å². The van der Waals surface area contributed by atoms with Crippen LogP contribution >= 0.6 is 0 Å². The molecule has 0 aliphatic carbocycles. The maximum Gasteiger partial charge on any atom is 0.408 e. The Balaban J connectivity index is 1.68. The molecule has 1 N–H and O–H groups in total. The van der Waals surface area contributed by atoms with Gasteiger partial charge in [0.25, 0.3) is 6.43 Å². The minimum absolute atomic E-state index is 0.00251. The van der Waals surface area contributed by atoms with Crippen LogP contribution in [-0.2, 0) is 29.8 Å². The minimum Gasteiger partial charge on any atom is -0.475 e. The Morgan fingerprint density at radius 2 is 2.02 bits per heavy atom. The van der Waals surface area contributed by atoms with E-state index in [4.69, 9.17) is 14.2 Å². The maximum absolute atomic E-state index is 14.9. The third-order valence-corrected chi connectivity index (χ3v) is 8.86. The van der Waals surface area contributed by atoms with Gasteiger partial charge in [-0.15, -0.1) is 0 Å². The molecule has 45 heavy (non-hydrogen) atoms. The van der Waals surface area contributed by atoms with Gasteiger partial charge in [-0.2, -0.15) is 15.5 Å². The number of aromatic nitrogens is 6. The standard InChI is InChI=1S/C30H38F2N8O4Si/c1-30(2,3)44-29(41)35-18-14-40-28(43-16-18)23(24(37-40)26(31)32)25-22(20-15-38(4)36-21(20)13-33)19-9-8-10-34-27(19)39(25)17-42-11-12-45(5,6)7/h8-10,15,18,26H,11-12,14,16-17H2,1-7H3,(H,35,41)/t18-/m0/s1. The highest BCUT2D eigenvalue weighted by atomic mass is 28.3. The summed E-state index contributed by atoms with van der Waals surface area (Å²) >= 11 is 0. The summed E-state index contributed by atoms with van der Waals surface area (Å²) in [7, 11) is 0.272. The molecule has 1 aliphatic heterocycles. The zero-order valence-electron chi connectivity index (χ0n) is 26.5. The third-order valence-electron chi connectivity index (χ3n) is 7.15. The fourth-order valence-corrected chi connectivity index (χ4v) is 5.99. The number of nitrogens with zero attached hydrogens (tertiary/aromatic N) is 7. The summed E-state index contributed by atoms with van der Waals surface area (Å²) in [4.78, 5) is 17.1. The van der Waals surface area contributed by atoms with Gasteiger partial charge in [-0.25, -0.2) is 23.2 Å². The van der Waals surface area contributed by atoms with Crippen molar-refractivity contribution >= 4 is 25.2 Å². The van der Waals surface area contributed by atoms with Crippen molar-refractivity contribution in [2.45, 2.75) is 77.8 Å². The number of carbonyl (C=O) groups excluding carboxylic acids is 1. The molecule has 12 nitrogen and oxygen atoms in total. The number of ether oxygens (including phenoxy) is 3. The molecule has 0 bridgehead atoms. The molecule has 0 fully saturated rings. The summed E-state index contributed by atoms with van der Waals surface area (Å²) < 4.78 is 51.9. The Morgan fingerprint density at radius 3 is 2.69 bits per heavy atom. The Kier molecular flexibility index (Phi) is 8.74. The quantitative estimate of drug-likeness (QED) is 0.182. The lowest BCUT2D eigenvalue weighted by atomic mass is 9.99. The number of alkyl carbamates (subject to hydrolysis) is 1. The van der Waals surface area contributed by atoms with Crippen LogP contribution in [-0.4, -0.2) is 68.1 Å². The van der Waals surface area contributed by atoms with Crippen molar-refractivity contribution in [3.63, 3.8) is 0 Å². The number of hydrogen-bond donors (Lipinski definition) is 1. The lowest BCUT2D eigenvalue weighted by Crippen LogP contribution is -2.46. The van der Waals surface area contributed by atoms with E-state index in [9.17, 15) is 18.8 Å². The monoisotopic (exact) mass is 640 g/mol. The summed E-state index contributed by atoms with van der Waals surface area (Å²) in [6, 6.07) is 6.03. The molecule has 1 amide bonds. The molecule has 0 saturated carbocycles. The van der Waals surface area contributed by atoms with Gasteiger partial charge in [0.05, 0.1) is 23.8 Å². The van der Waals surface area contributed by atoms with E-state index in [1.807, 2.05) is 6.07 Å². The van der Waals surface area contributed by atoms with E-state index in [0.717, 1.165) is 6.04 Å². The largest absolute Gasteiger partial charge is 0.475 e. The lowest BCUT2D eigenvalue weighted by molar-refractivity contribution is 0.0460. The fourth-order valence-electron chi connectivity index (χ4n) is 5.23. The second-order valence-corrected chi connectivity index (χ2v) is 18.9. The number of alkyl halides is 2. The van der Waals surface area contributed by atoms with E-state index in [1.54, 1.807) is 50.8 Å². The van der Waals surface area contributed by atoms with Gasteiger partial charge in [-0.1, -0.05) is 19.6 Å². The van der Waals surface area contributed by atoms with Crippen LogP contribution < -0.4 is 10.1 Å². The minimum atomic E-state index is -2.97. The normalized spacial score (nSPS) is 15.2. The summed E-state index contributed by atoms with van der Waals surface area (Å²) in [5.41, 5.74) is 0.744. The number of nitriles is 1. The SMILES string of the molecule is Cn1cc(-c2c(-c3c(C(F)F)nn4c3OC[C@@H](NC(=O)OC(C)(C)C)C4)n(COCC[Si](C)(C)C)c3ncccc23)c(C#N)n1. The first-order valence-corrected chi connectivity index (χ1v) is 18.4. The van der Waals surface area contributed by atoms with Crippen LogP contribution in [0.3, 0.4) is 0 Å². The topological polar surface area (TPSA) is 134 Å². The van der Waals surface area contributed by atoms with Crippen molar-refractivity contribution in [2.75, 3.05) is 13.2 Å². The zero-order chi connectivity index (χ0) is 32.7. The van der Waals surface area contributed by atoms with Gasteiger partial charge < -0.3 is 24.1 Å². The molecule has 4 aromatic rings. The van der Waals surface area contributed by atoms with Crippen LogP contribution in [0.5, 0.6) is 5.88 Å². The predicted octanol–water partition coefficient (Wildman–Crippen LogP) is 5.71. The molecular weight excluding hydrogens is 602 g/mol. The maximum atomic E-state index is 14.9. The Hall–Kier alpha value is -4.29. The number of nitrogens with one attached hydrogen (secondary N) is 1. The van der Waals surface area contributed by atoms with Gasteiger partial charge in [0.2, 0.25) is 5.88 Å². The molecule has 1 atom stereocenters. The van der Waals surface area contributed by atoms with Gasteiger partial charge in [0.1, 0.15) is 36.3 Å². The average Bonchev–Trinajstić information content (AvgIpc) is 3.59. The van der Waals surface area contributed by atoms with Crippen LogP contribution in [0.1, 0.15) is 38.6 Å². The first kappa shape index (κ1) is 32.1. The van der Waals surface area contributed by atoms with Crippen molar-refractivity contribution in [3.05, 3.63) is 35.9 Å². The van der Waals surface area contributed by atoms with Crippen molar-refractivity contribution in [1.29, 1.82) is 5.26 Å². The average molecular weight is 641 g/mol. The highest BCUT2D eigenvalue weighted by Crippen LogP contribution is 2.48. The van der Waals surface area contributed by atoms with Crippen molar-refractivity contribution in [2.24, 2.45) is 7.05 Å². The number of fused-ring (bicyclic) bond motifs is 2. The molecule has 15 heteroatoms. The molecule has 0 radical (unpaired) electrons. The van der Waals surface area contributed by atoms with Crippen molar-refractivity contribution in [3.8, 4) is 34.3 Å². The number of hydrogen-bond acceptors (Lipinski definition) is 8. The molecule has 240 valence electrons. The second kappa shape index (κ2) is 12.2. The molecule has 0 aromatic carbocycles. The zero-order valence-corrected chi connectivity index (χ0v) is 27.5. The highest BCUT2D eigenvalue weighted by Gasteiger charge is 2.37. The van der Waals surface area contributed by atoms with E-state index < -0.39 is 37.9 Å². The van der Waals surface area contributed by atoms with E-state index >= 15 is 0 Å². The van der Waals surface area contributed by atoms with E-state index in [1.165, 1.54) is 9.36 Å². The molecule has 5 heterocycles. The van der Waals surface area contributed by atoms with E-state index in [-0.39, 0.29) is 37.0 Å². The van der Waals surface area contributed by atoms with Crippen LogP contribution in [0.25, 0.3) is 33.4 Å². The van der Waals surface area contributed by atoms with Crippen LogP contribution in [0.4, 0.5) is 13.6 Å². The number of pyridine rings is 1. The summed E-state index contributed by atoms with van der Waals surface area (Å²) in [5, 5.41) is 21.9. The number of rotatable bonds is 9. The smallest absolute Gasteiger partial charge is 0.408 e. The first-order valence-electron chi connectivity index (χ1n) is 14.7. The number of carbonyl (C=O) groups is 1. The van der Waals surface area contributed by atoms with Gasteiger partial charge >= 0.3 is 6.09 Å². The summed E-state index contributed by atoms with van der Waals surface area (Å²) in [6.45, 7) is 12.5. The molecular formula is C30H38F2N8O4Si. The molecule has 0 spiro atoms. The van der Waals surface area contributed by atoms with Crippen LogP contribution in [0.15, 0.2) is 24.5 Å². The molecule has 0 saturated heterocycles. The van der Waals surface area contributed by atoms with E-state index in [2.05, 4.69) is 46.2 Å². The lowest BCUT2D eigenvalue weighted by Gasteiger charge is -2.27. The summed E-state index contributed by atoms with van der Waals surface area (Å²) in [6.07, 6.45) is -0.317. The number of amides is 1. The highest BCUT2D eigenvalue weighted by molar-refractivity contribution is 6.76. The third kappa shape index (κ3) is 6.86. The van der Waals surface area contributed by atoms with Gasteiger partial charge in [-0.05, 0) is 38.9 Å². The van der Waals surface area contributed by atoms with Gasteiger partial charge in [-0.3, -0.25) is 4.68 Å². The summed E-state index contributed by atoms with van der Waals surface area (Å²) in [5.74, 6) is 0.113. The number of halogens is 2. The molecule has 4 aromatic heterocycles. The van der Waals surface area contributed by atoms with Gasteiger partial charge in [0.15, 0.2) is 5.69 Å². The van der Waals surface area contributed by atoms with Gasteiger partial charge in [0, 0.05) is 50.6 Å². The van der Waals surface area contributed by atoms with Crippen molar-refractivity contribution in [1.82, 2.24) is 34.4 Å². The predicted molar refractivity (Wildman–Crippen MR) is 166 cm³/mol. The van der Waals surface area contributed by atoms with Crippen LogP contribution in [0, 0.1) is 11.3 Å². The van der Waals surface area contributed by atoms with Crippen molar-refractivity contribution < 1.29 is 27.8 Å². The molecule has 0 unspecified atom stereocenters. The molecule has 5 rings (SSSR count). The second-order valence-electron chi connectivity index (χ2n) is 13.3. The Morgan fingerprint density at radius 1 is 1.27 bits per heavy atom. The van der Waals surface area contributed by atoms with Crippen LogP contribution in [0.2, 0.25) is 25.7 Å². The first-order chi connectivity index (χ1) is 21.2. The molecule has 1 aliphatic rings. The Bertz CT molecular complexity index is 1760. The van der Waals surface area contributed by atoms with E-state index in [0.29, 0.717) is 34.5 Å².